The molecular weight excluding hydrogens is 245 g/mol. The van der Waals surface area contributed by atoms with E-state index in [2.05, 4.69) is 5.32 Å². The highest BCUT2D eigenvalue weighted by molar-refractivity contribution is 5.94. The van der Waals surface area contributed by atoms with Crippen LogP contribution in [0, 0.1) is 12.7 Å². The third-order valence-electron chi connectivity index (χ3n) is 2.83. The van der Waals surface area contributed by atoms with E-state index in [1.165, 1.54) is 6.07 Å². The second-order valence-electron chi connectivity index (χ2n) is 4.30. The van der Waals surface area contributed by atoms with Crippen LogP contribution in [0.1, 0.15) is 21.5 Å². The number of benzene rings is 2. The second kappa shape index (κ2) is 5.52. The Morgan fingerprint density at radius 2 is 2.00 bits per heavy atom. The first kappa shape index (κ1) is 13.1. The summed E-state index contributed by atoms with van der Waals surface area (Å²) in [7, 11) is 0. The third-order valence-corrected chi connectivity index (χ3v) is 2.83. The van der Waals surface area contributed by atoms with Crippen LogP contribution in [0.15, 0.2) is 42.5 Å². The molecule has 4 heteroatoms. The van der Waals surface area contributed by atoms with Crippen LogP contribution in [0.2, 0.25) is 0 Å². The summed E-state index contributed by atoms with van der Waals surface area (Å²) in [6, 6.07) is 11.5. The molecular formula is C15H14FNO2. The van der Waals surface area contributed by atoms with Gasteiger partial charge in [0.25, 0.3) is 0 Å². The van der Waals surface area contributed by atoms with Crippen molar-refractivity contribution in [2.75, 3.05) is 5.32 Å². The Kier molecular flexibility index (Phi) is 3.80. The summed E-state index contributed by atoms with van der Waals surface area (Å²) in [4.78, 5) is 11.1. The summed E-state index contributed by atoms with van der Waals surface area (Å²) < 4.78 is 13.5. The highest BCUT2D eigenvalue weighted by Crippen LogP contribution is 2.19. The summed E-state index contributed by atoms with van der Waals surface area (Å²) in [5, 5.41) is 12.1. The Bertz CT molecular complexity index is 611. The highest BCUT2D eigenvalue weighted by atomic mass is 19.1. The van der Waals surface area contributed by atoms with Gasteiger partial charge in [-0.1, -0.05) is 29.8 Å². The van der Waals surface area contributed by atoms with Crippen molar-refractivity contribution >= 4 is 11.7 Å². The average molecular weight is 259 g/mol. The van der Waals surface area contributed by atoms with Gasteiger partial charge in [0.1, 0.15) is 5.82 Å². The fourth-order valence-corrected chi connectivity index (χ4v) is 1.82. The van der Waals surface area contributed by atoms with Gasteiger partial charge in [0.05, 0.1) is 5.56 Å². The first-order chi connectivity index (χ1) is 9.08. The lowest BCUT2D eigenvalue weighted by atomic mass is 10.1. The SMILES string of the molecule is Cc1ccc(NCc2ccccc2F)c(C(=O)O)c1. The fourth-order valence-electron chi connectivity index (χ4n) is 1.82. The number of carboxylic acids is 1. The zero-order chi connectivity index (χ0) is 13.8. The summed E-state index contributed by atoms with van der Waals surface area (Å²) in [6.07, 6.45) is 0. The molecule has 0 saturated carbocycles. The predicted octanol–water partition coefficient (Wildman–Crippen LogP) is 3.44. The van der Waals surface area contributed by atoms with Crippen LogP contribution in [0.25, 0.3) is 0 Å². The van der Waals surface area contributed by atoms with Crippen LogP contribution < -0.4 is 5.32 Å². The van der Waals surface area contributed by atoms with E-state index in [-0.39, 0.29) is 17.9 Å². The van der Waals surface area contributed by atoms with Gasteiger partial charge in [0.15, 0.2) is 0 Å². The minimum atomic E-state index is -1.00. The number of rotatable bonds is 4. The normalized spacial score (nSPS) is 10.2. The van der Waals surface area contributed by atoms with Crippen molar-refractivity contribution in [1.29, 1.82) is 0 Å². The van der Waals surface area contributed by atoms with Crippen LogP contribution in [-0.4, -0.2) is 11.1 Å². The Morgan fingerprint density at radius 3 is 2.68 bits per heavy atom. The average Bonchev–Trinajstić information content (AvgIpc) is 2.38. The minimum absolute atomic E-state index is 0.191. The van der Waals surface area contributed by atoms with Crippen molar-refractivity contribution in [3.8, 4) is 0 Å². The molecule has 0 aliphatic rings. The maximum Gasteiger partial charge on any atom is 0.337 e. The molecule has 2 aromatic carbocycles. The summed E-state index contributed by atoms with van der Waals surface area (Å²) >= 11 is 0. The molecule has 0 spiro atoms. The monoisotopic (exact) mass is 259 g/mol. The number of hydrogen-bond acceptors (Lipinski definition) is 2. The lowest BCUT2D eigenvalue weighted by Gasteiger charge is -2.11. The van der Waals surface area contributed by atoms with Gasteiger partial charge in [0, 0.05) is 17.8 Å². The van der Waals surface area contributed by atoms with Crippen LogP contribution >= 0.6 is 0 Å². The molecule has 0 heterocycles. The highest BCUT2D eigenvalue weighted by Gasteiger charge is 2.10. The molecule has 0 saturated heterocycles. The van der Waals surface area contributed by atoms with Crippen LogP contribution in [-0.2, 0) is 6.54 Å². The summed E-state index contributed by atoms with van der Waals surface area (Å²) in [6.45, 7) is 2.07. The topological polar surface area (TPSA) is 49.3 Å². The Morgan fingerprint density at radius 1 is 1.26 bits per heavy atom. The fraction of sp³-hybridized carbons (Fsp3) is 0.133. The van der Waals surface area contributed by atoms with E-state index in [1.807, 2.05) is 13.0 Å². The molecule has 2 rings (SSSR count). The van der Waals surface area contributed by atoms with Gasteiger partial charge in [-0.15, -0.1) is 0 Å². The zero-order valence-corrected chi connectivity index (χ0v) is 10.5. The molecule has 3 nitrogen and oxygen atoms in total. The zero-order valence-electron chi connectivity index (χ0n) is 10.5. The van der Waals surface area contributed by atoms with Crippen molar-refractivity contribution in [2.24, 2.45) is 0 Å². The van der Waals surface area contributed by atoms with Crippen molar-refractivity contribution in [3.63, 3.8) is 0 Å². The van der Waals surface area contributed by atoms with E-state index in [4.69, 9.17) is 5.11 Å². The quantitative estimate of drug-likeness (QED) is 0.884. The van der Waals surface area contributed by atoms with Crippen molar-refractivity contribution in [2.45, 2.75) is 13.5 Å². The number of anilines is 1. The standard InChI is InChI=1S/C15H14FNO2/c1-10-6-7-14(12(8-10)15(18)19)17-9-11-4-2-3-5-13(11)16/h2-8,17H,9H2,1H3,(H,18,19). The van der Waals surface area contributed by atoms with Gasteiger partial charge in [-0.25, -0.2) is 9.18 Å². The molecule has 0 unspecified atom stereocenters. The predicted molar refractivity (Wildman–Crippen MR) is 71.9 cm³/mol. The Hall–Kier alpha value is -2.36. The Labute approximate surface area is 110 Å². The molecule has 0 radical (unpaired) electrons. The van der Waals surface area contributed by atoms with Crippen molar-refractivity contribution in [3.05, 3.63) is 65.0 Å². The third kappa shape index (κ3) is 3.10. The van der Waals surface area contributed by atoms with Crippen LogP contribution in [0.3, 0.4) is 0 Å². The lowest BCUT2D eigenvalue weighted by Crippen LogP contribution is -2.07. The van der Waals surface area contributed by atoms with E-state index in [0.29, 0.717) is 11.3 Å². The van der Waals surface area contributed by atoms with Gasteiger partial charge >= 0.3 is 5.97 Å². The molecule has 0 bridgehead atoms. The van der Waals surface area contributed by atoms with E-state index in [9.17, 15) is 9.18 Å². The molecule has 0 aromatic heterocycles. The molecule has 2 aromatic rings. The largest absolute Gasteiger partial charge is 0.478 e. The van der Waals surface area contributed by atoms with Gasteiger partial charge in [-0.3, -0.25) is 0 Å². The molecule has 0 aliphatic heterocycles. The van der Waals surface area contributed by atoms with Crippen LogP contribution in [0.5, 0.6) is 0 Å². The maximum absolute atomic E-state index is 13.5. The Balaban J connectivity index is 2.20. The van der Waals surface area contributed by atoms with Crippen molar-refractivity contribution < 1.29 is 14.3 Å². The van der Waals surface area contributed by atoms with Gasteiger partial charge in [-0.2, -0.15) is 0 Å². The number of carboxylic acid groups (broad SMARTS) is 1. The molecule has 0 aliphatic carbocycles. The molecule has 0 amide bonds. The van der Waals surface area contributed by atoms with Gasteiger partial charge < -0.3 is 10.4 Å². The minimum Gasteiger partial charge on any atom is -0.478 e. The molecule has 2 N–H and O–H groups in total. The first-order valence-electron chi connectivity index (χ1n) is 5.89. The number of aryl methyl sites for hydroxylation is 1. The van der Waals surface area contributed by atoms with Crippen LogP contribution in [0.4, 0.5) is 10.1 Å². The lowest BCUT2D eigenvalue weighted by molar-refractivity contribution is 0.0698. The van der Waals surface area contributed by atoms with Gasteiger partial charge in [0.2, 0.25) is 0 Å². The van der Waals surface area contributed by atoms with E-state index in [0.717, 1.165) is 5.56 Å². The number of carbonyl (C=O) groups is 1. The van der Waals surface area contributed by atoms with E-state index >= 15 is 0 Å². The van der Waals surface area contributed by atoms with E-state index < -0.39 is 5.97 Å². The summed E-state index contributed by atoms with van der Waals surface area (Å²) in [5.41, 5.74) is 2.05. The molecule has 98 valence electrons. The molecule has 0 atom stereocenters. The maximum atomic E-state index is 13.5. The van der Waals surface area contributed by atoms with Gasteiger partial charge in [-0.05, 0) is 25.1 Å². The summed E-state index contributed by atoms with van der Waals surface area (Å²) in [5.74, 6) is -1.31. The number of halogens is 1. The number of nitrogens with one attached hydrogen (secondary N) is 1. The van der Waals surface area contributed by atoms with E-state index in [1.54, 1.807) is 30.3 Å². The number of aromatic carboxylic acids is 1. The van der Waals surface area contributed by atoms with Crippen molar-refractivity contribution in [1.82, 2.24) is 0 Å². The first-order valence-corrected chi connectivity index (χ1v) is 5.89. The second-order valence-corrected chi connectivity index (χ2v) is 4.30. The smallest absolute Gasteiger partial charge is 0.337 e. The molecule has 0 fully saturated rings. The number of hydrogen-bond donors (Lipinski definition) is 2. The molecule has 19 heavy (non-hydrogen) atoms.